The van der Waals surface area contributed by atoms with Gasteiger partial charge in [-0.3, -0.25) is 0 Å². The van der Waals surface area contributed by atoms with Crippen LogP contribution in [0.4, 0.5) is 0 Å². The molecular formula is C13H17BrO3. The zero-order valence-electron chi connectivity index (χ0n) is 9.84. The molecule has 0 amide bonds. The van der Waals surface area contributed by atoms with Crippen molar-refractivity contribution in [2.24, 2.45) is 0 Å². The first-order valence-corrected chi connectivity index (χ1v) is 6.70. The van der Waals surface area contributed by atoms with Gasteiger partial charge in [0.05, 0.1) is 24.6 Å². The van der Waals surface area contributed by atoms with Crippen LogP contribution in [0.3, 0.4) is 0 Å². The van der Waals surface area contributed by atoms with Crippen molar-refractivity contribution < 1.29 is 14.2 Å². The highest BCUT2D eigenvalue weighted by molar-refractivity contribution is 9.09. The van der Waals surface area contributed by atoms with Gasteiger partial charge in [-0.15, -0.1) is 0 Å². The SMILES string of the molecule is CC(Br)[C@@H]1OC[C@@H](COCc2ccccc2)O1. The van der Waals surface area contributed by atoms with Gasteiger partial charge in [0.2, 0.25) is 0 Å². The Morgan fingerprint density at radius 1 is 1.41 bits per heavy atom. The molecule has 3 atom stereocenters. The van der Waals surface area contributed by atoms with Crippen molar-refractivity contribution in [2.75, 3.05) is 13.2 Å². The average Bonchev–Trinajstić information content (AvgIpc) is 2.79. The zero-order valence-corrected chi connectivity index (χ0v) is 11.4. The summed E-state index contributed by atoms with van der Waals surface area (Å²) in [4.78, 5) is 0.210. The fraction of sp³-hybridized carbons (Fsp3) is 0.538. The van der Waals surface area contributed by atoms with E-state index in [9.17, 15) is 0 Å². The van der Waals surface area contributed by atoms with Crippen molar-refractivity contribution in [3.63, 3.8) is 0 Å². The number of hydrogen-bond acceptors (Lipinski definition) is 3. The molecule has 94 valence electrons. The molecule has 0 N–H and O–H groups in total. The number of rotatable bonds is 5. The van der Waals surface area contributed by atoms with Crippen LogP contribution in [-0.4, -0.2) is 30.4 Å². The van der Waals surface area contributed by atoms with Crippen LogP contribution in [0.1, 0.15) is 12.5 Å². The summed E-state index contributed by atoms with van der Waals surface area (Å²) in [6, 6.07) is 10.1. The van der Waals surface area contributed by atoms with Crippen molar-refractivity contribution in [1.82, 2.24) is 0 Å². The normalized spacial score (nSPS) is 26.0. The summed E-state index contributed by atoms with van der Waals surface area (Å²) in [5, 5.41) is 0. The second-order valence-electron chi connectivity index (χ2n) is 4.14. The molecule has 1 heterocycles. The molecule has 4 heteroatoms. The van der Waals surface area contributed by atoms with Gasteiger partial charge < -0.3 is 14.2 Å². The van der Waals surface area contributed by atoms with Crippen molar-refractivity contribution in [3.05, 3.63) is 35.9 Å². The molecule has 0 bridgehead atoms. The molecule has 2 rings (SSSR count). The molecule has 17 heavy (non-hydrogen) atoms. The molecule has 0 radical (unpaired) electrons. The average molecular weight is 301 g/mol. The summed E-state index contributed by atoms with van der Waals surface area (Å²) in [7, 11) is 0. The van der Waals surface area contributed by atoms with Crippen molar-refractivity contribution in [3.8, 4) is 0 Å². The van der Waals surface area contributed by atoms with Gasteiger partial charge >= 0.3 is 0 Å². The van der Waals surface area contributed by atoms with Gasteiger partial charge in [-0.2, -0.15) is 0 Å². The lowest BCUT2D eigenvalue weighted by molar-refractivity contribution is -0.0688. The molecule has 1 aliphatic rings. The van der Waals surface area contributed by atoms with Gasteiger partial charge in [0.25, 0.3) is 0 Å². The molecule has 0 spiro atoms. The van der Waals surface area contributed by atoms with Gasteiger partial charge in [0, 0.05) is 0 Å². The van der Waals surface area contributed by atoms with E-state index < -0.39 is 0 Å². The minimum atomic E-state index is -0.152. The Balaban J connectivity index is 1.67. The number of halogens is 1. The van der Waals surface area contributed by atoms with Crippen LogP contribution in [0.25, 0.3) is 0 Å². The fourth-order valence-corrected chi connectivity index (χ4v) is 1.96. The maximum atomic E-state index is 5.67. The quantitative estimate of drug-likeness (QED) is 0.783. The van der Waals surface area contributed by atoms with Crippen molar-refractivity contribution >= 4 is 15.9 Å². The predicted octanol–water partition coefficient (Wildman–Crippen LogP) is 2.73. The highest BCUT2D eigenvalue weighted by atomic mass is 79.9. The Bertz CT molecular complexity index is 329. The number of hydrogen-bond donors (Lipinski definition) is 0. The van der Waals surface area contributed by atoms with Gasteiger partial charge in [0.15, 0.2) is 6.29 Å². The smallest absolute Gasteiger partial charge is 0.170 e. The van der Waals surface area contributed by atoms with E-state index in [4.69, 9.17) is 14.2 Å². The van der Waals surface area contributed by atoms with Crippen LogP contribution in [0, 0.1) is 0 Å². The molecular weight excluding hydrogens is 284 g/mol. The zero-order chi connectivity index (χ0) is 12.1. The summed E-state index contributed by atoms with van der Waals surface area (Å²) in [5.41, 5.74) is 1.18. The van der Waals surface area contributed by atoms with Crippen LogP contribution in [-0.2, 0) is 20.8 Å². The number of alkyl halides is 1. The molecule has 1 unspecified atom stereocenters. The molecule has 1 saturated heterocycles. The Morgan fingerprint density at radius 2 is 2.18 bits per heavy atom. The number of benzene rings is 1. The second-order valence-corrected chi connectivity index (χ2v) is 5.58. The van der Waals surface area contributed by atoms with Gasteiger partial charge in [-0.05, 0) is 12.5 Å². The van der Waals surface area contributed by atoms with Crippen LogP contribution in [0.2, 0.25) is 0 Å². The lowest BCUT2D eigenvalue weighted by Crippen LogP contribution is -2.22. The summed E-state index contributed by atoms with van der Waals surface area (Å²) in [6.07, 6.45) is -0.107. The summed E-state index contributed by atoms with van der Waals surface area (Å²) in [5.74, 6) is 0. The molecule has 0 aromatic heterocycles. The predicted molar refractivity (Wildman–Crippen MR) is 69.1 cm³/mol. The van der Waals surface area contributed by atoms with E-state index in [2.05, 4.69) is 28.1 Å². The van der Waals surface area contributed by atoms with E-state index >= 15 is 0 Å². The Hall–Kier alpha value is -0.420. The Labute approximate surface area is 110 Å². The van der Waals surface area contributed by atoms with Crippen LogP contribution < -0.4 is 0 Å². The molecule has 0 saturated carbocycles. The first-order chi connectivity index (χ1) is 8.25. The van der Waals surface area contributed by atoms with Crippen molar-refractivity contribution in [1.29, 1.82) is 0 Å². The molecule has 0 aliphatic carbocycles. The van der Waals surface area contributed by atoms with Crippen LogP contribution in [0.5, 0.6) is 0 Å². The first kappa shape index (κ1) is 13.0. The third kappa shape index (κ3) is 4.07. The molecule has 3 nitrogen and oxygen atoms in total. The largest absolute Gasteiger partial charge is 0.374 e. The van der Waals surface area contributed by atoms with E-state index in [0.717, 1.165) is 0 Å². The van der Waals surface area contributed by atoms with E-state index in [1.807, 2.05) is 25.1 Å². The molecule has 1 aliphatic heterocycles. The van der Waals surface area contributed by atoms with Gasteiger partial charge in [-0.25, -0.2) is 0 Å². The third-order valence-electron chi connectivity index (χ3n) is 2.56. The van der Waals surface area contributed by atoms with Gasteiger partial charge in [-0.1, -0.05) is 46.3 Å². The summed E-state index contributed by atoms with van der Waals surface area (Å²) < 4.78 is 16.8. The Kier molecular flexibility index (Phi) is 4.98. The molecule has 1 aromatic rings. The van der Waals surface area contributed by atoms with Crippen molar-refractivity contribution in [2.45, 2.75) is 30.8 Å². The minimum absolute atomic E-state index is 0.0451. The summed E-state index contributed by atoms with van der Waals surface area (Å²) in [6.45, 7) is 3.81. The first-order valence-electron chi connectivity index (χ1n) is 5.78. The van der Waals surface area contributed by atoms with E-state index in [1.165, 1.54) is 5.56 Å². The van der Waals surface area contributed by atoms with Crippen LogP contribution in [0.15, 0.2) is 30.3 Å². The molecule has 1 aromatic carbocycles. The standard InChI is InChI=1S/C13H17BrO3/c1-10(14)13-16-9-12(17-13)8-15-7-11-5-3-2-4-6-11/h2-6,10,12-13H,7-9H2,1H3/t10?,12-,13-/m1/s1. The lowest BCUT2D eigenvalue weighted by atomic mass is 10.2. The minimum Gasteiger partial charge on any atom is -0.374 e. The second kappa shape index (κ2) is 6.50. The number of ether oxygens (including phenoxy) is 3. The van der Waals surface area contributed by atoms with E-state index in [1.54, 1.807) is 0 Å². The monoisotopic (exact) mass is 300 g/mol. The van der Waals surface area contributed by atoms with E-state index in [0.29, 0.717) is 19.8 Å². The van der Waals surface area contributed by atoms with Gasteiger partial charge in [0.1, 0.15) is 6.10 Å². The Morgan fingerprint density at radius 3 is 2.82 bits per heavy atom. The summed E-state index contributed by atoms with van der Waals surface area (Å²) >= 11 is 3.44. The fourth-order valence-electron chi connectivity index (χ4n) is 1.68. The third-order valence-corrected chi connectivity index (χ3v) is 2.99. The maximum absolute atomic E-state index is 5.67. The van der Waals surface area contributed by atoms with E-state index in [-0.39, 0.29) is 17.2 Å². The van der Waals surface area contributed by atoms with Crippen LogP contribution >= 0.6 is 15.9 Å². The maximum Gasteiger partial charge on any atom is 0.170 e. The lowest BCUT2D eigenvalue weighted by Gasteiger charge is -2.13. The topological polar surface area (TPSA) is 27.7 Å². The highest BCUT2D eigenvalue weighted by Gasteiger charge is 2.29. The highest BCUT2D eigenvalue weighted by Crippen LogP contribution is 2.19. The molecule has 1 fully saturated rings.